The molecule has 2 saturated heterocycles. The summed E-state index contributed by atoms with van der Waals surface area (Å²) in [5.74, 6) is 0.473. The summed E-state index contributed by atoms with van der Waals surface area (Å²) in [5.41, 5.74) is 6.46. The number of carbonyl (C=O) groups is 1. The Hall–Kier alpha value is -3.86. The van der Waals surface area contributed by atoms with Crippen molar-refractivity contribution in [1.29, 1.82) is 0 Å². The normalized spacial score (nSPS) is 20.8. The van der Waals surface area contributed by atoms with Crippen LogP contribution in [0, 0.1) is 5.82 Å². The van der Waals surface area contributed by atoms with Gasteiger partial charge in [-0.2, -0.15) is 0 Å². The molecule has 0 saturated carbocycles. The molecule has 0 radical (unpaired) electrons. The van der Waals surface area contributed by atoms with Gasteiger partial charge in [-0.25, -0.2) is 14.4 Å². The average molecular weight is 543 g/mol. The number of aliphatic hydroxyl groups excluding tert-OH is 1. The lowest BCUT2D eigenvalue weighted by molar-refractivity contribution is 0.0966. The zero-order chi connectivity index (χ0) is 27.2. The van der Waals surface area contributed by atoms with Crippen LogP contribution in [-0.4, -0.2) is 62.7 Å². The molecule has 206 valence electrons. The van der Waals surface area contributed by atoms with Crippen LogP contribution in [0.25, 0.3) is 16.9 Å². The lowest BCUT2D eigenvalue weighted by Gasteiger charge is -2.25. The molecule has 0 spiro atoms. The second kappa shape index (κ2) is 10.3. The monoisotopic (exact) mass is 542 g/mol. The SMILES string of the molecule is O=C1NCc2c(-c3cnc4cc(F)ccn34)ccc(Nc3ccc([C@H]4CCOC4)c(CN4CCC[C@H]4CO)n3)c21. The minimum absolute atomic E-state index is 0.148. The first-order chi connectivity index (χ1) is 19.6. The number of halogens is 1. The number of amides is 1. The molecule has 0 bridgehead atoms. The second-order valence-corrected chi connectivity index (χ2v) is 10.8. The molecule has 7 rings (SSSR count). The predicted molar refractivity (Wildman–Crippen MR) is 148 cm³/mol. The van der Waals surface area contributed by atoms with Gasteiger partial charge in [0.15, 0.2) is 0 Å². The average Bonchev–Trinajstić information content (AvgIpc) is 3.77. The van der Waals surface area contributed by atoms with Crippen LogP contribution in [0.2, 0.25) is 0 Å². The number of pyridine rings is 2. The molecule has 40 heavy (non-hydrogen) atoms. The Bertz CT molecular complexity index is 1600. The lowest BCUT2D eigenvalue weighted by Crippen LogP contribution is -2.32. The number of aliphatic hydroxyl groups is 1. The van der Waals surface area contributed by atoms with E-state index in [2.05, 4.69) is 26.6 Å². The van der Waals surface area contributed by atoms with Gasteiger partial charge in [-0.3, -0.25) is 14.1 Å². The van der Waals surface area contributed by atoms with Crippen molar-refractivity contribution in [1.82, 2.24) is 24.6 Å². The first-order valence-corrected chi connectivity index (χ1v) is 13.9. The molecule has 2 atom stereocenters. The van der Waals surface area contributed by atoms with Crippen molar-refractivity contribution in [3.8, 4) is 11.3 Å². The van der Waals surface area contributed by atoms with Crippen LogP contribution in [-0.2, 0) is 17.8 Å². The highest BCUT2D eigenvalue weighted by Gasteiger charge is 2.29. The van der Waals surface area contributed by atoms with E-state index in [0.29, 0.717) is 48.3 Å². The van der Waals surface area contributed by atoms with Gasteiger partial charge in [-0.15, -0.1) is 0 Å². The van der Waals surface area contributed by atoms with Gasteiger partial charge in [0.1, 0.15) is 17.3 Å². The van der Waals surface area contributed by atoms with Gasteiger partial charge in [0.2, 0.25) is 0 Å². The van der Waals surface area contributed by atoms with Gasteiger partial charge >= 0.3 is 0 Å². The molecule has 2 fully saturated rings. The standard InChI is InChI=1S/C30H31FN6O3/c31-19-7-10-37-26(14-32-28(37)12-19)22-3-5-24(29-23(22)13-33-30(29)39)34-27-6-4-21(18-8-11-40-17-18)25(35-27)15-36-9-1-2-20(36)16-38/h3-7,10,12,14,18,20,38H,1-2,8-9,11,13,15-17H2,(H,33,39)(H,34,35)/t18-,20-/m0/s1. The number of rotatable bonds is 7. The molecular weight excluding hydrogens is 511 g/mol. The highest BCUT2D eigenvalue weighted by molar-refractivity contribution is 6.06. The Balaban J connectivity index is 1.24. The summed E-state index contributed by atoms with van der Waals surface area (Å²) in [7, 11) is 0. The van der Waals surface area contributed by atoms with Crippen LogP contribution in [0.1, 0.15) is 52.4 Å². The van der Waals surface area contributed by atoms with Crippen LogP contribution in [0.15, 0.2) is 48.8 Å². The van der Waals surface area contributed by atoms with Gasteiger partial charge in [0, 0.05) is 49.5 Å². The molecule has 3 aliphatic rings. The van der Waals surface area contributed by atoms with Crippen molar-refractivity contribution in [2.45, 2.75) is 44.3 Å². The number of anilines is 2. The molecular formula is C30H31FN6O3. The van der Waals surface area contributed by atoms with E-state index in [1.807, 2.05) is 22.6 Å². The van der Waals surface area contributed by atoms with E-state index in [4.69, 9.17) is 9.72 Å². The fourth-order valence-corrected chi connectivity index (χ4v) is 6.35. The van der Waals surface area contributed by atoms with E-state index >= 15 is 0 Å². The number of nitrogens with one attached hydrogen (secondary N) is 2. The summed E-state index contributed by atoms with van der Waals surface area (Å²) >= 11 is 0. The number of carbonyl (C=O) groups excluding carboxylic acids is 1. The molecule has 3 N–H and O–H groups in total. The summed E-state index contributed by atoms with van der Waals surface area (Å²) in [4.78, 5) is 24.7. The second-order valence-electron chi connectivity index (χ2n) is 10.8. The smallest absolute Gasteiger partial charge is 0.254 e. The minimum Gasteiger partial charge on any atom is -0.395 e. The van der Waals surface area contributed by atoms with Gasteiger partial charge < -0.3 is 20.5 Å². The number of aromatic nitrogens is 3. The Morgan fingerprint density at radius 1 is 1.20 bits per heavy atom. The maximum atomic E-state index is 13.7. The molecule has 4 aromatic rings. The molecule has 1 amide bonds. The molecule has 9 nitrogen and oxygen atoms in total. The van der Waals surface area contributed by atoms with Crippen molar-refractivity contribution in [3.63, 3.8) is 0 Å². The number of imidazole rings is 1. The highest BCUT2D eigenvalue weighted by atomic mass is 19.1. The largest absolute Gasteiger partial charge is 0.395 e. The lowest BCUT2D eigenvalue weighted by atomic mass is 9.96. The molecule has 1 aromatic carbocycles. The summed E-state index contributed by atoms with van der Waals surface area (Å²) in [6.45, 7) is 3.59. The Kier molecular flexibility index (Phi) is 6.45. The molecule has 0 unspecified atom stereocenters. The molecule has 3 aliphatic heterocycles. The van der Waals surface area contributed by atoms with Crippen molar-refractivity contribution in [3.05, 3.63) is 77.0 Å². The predicted octanol–water partition coefficient (Wildman–Crippen LogP) is 3.98. The van der Waals surface area contributed by atoms with Gasteiger partial charge in [0.05, 0.1) is 42.0 Å². The van der Waals surface area contributed by atoms with E-state index in [1.165, 1.54) is 17.7 Å². The number of nitrogens with zero attached hydrogens (tertiary/aromatic N) is 4. The number of fused-ring (bicyclic) bond motifs is 2. The maximum absolute atomic E-state index is 13.7. The van der Waals surface area contributed by atoms with E-state index in [1.54, 1.807) is 12.4 Å². The summed E-state index contributed by atoms with van der Waals surface area (Å²) in [6.07, 6.45) is 6.39. The summed E-state index contributed by atoms with van der Waals surface area (Å²) < 4.78 is 21.2. The number of hydrogen-bond donors (Lipinski definition) is 3. The third kappa shape index (κ3) is 4.42. The van der Waals surface area contributed by atoms with Crippen LogP contribution >= 0.6 is 0 Å². The fourth-order valence-electron chi connectivity index (χ4n) is 6.35. The summed E-state index contributed by atoms with van der Waals surface area (Å²) in [6, 6.07) is 10.9. The maximum Gasteiger partial charge on any atom is 0.254 e. The van der Waals surface area contributed by atoms with Gasteiger partial charge in [-0.1, -0.05) is 12.1 Å². The van der Waals surface area contributed by atoms with Crippen LogP contribution in [0.3, 0.4) is 0 Å². The van der Waals surface area contributed by atoms with Crippen LogP contribution in [0.5, 0.6) is 0 Å². The first kappa shape index (κ1) is 25.1. The third-order valence-corrected chi connectivity index (χ3v) is 8.42. The molecule has 10 heteroatoms. The van der Waals surface area contributed by atoms with Crippen molar-refractivity contribution in [2.24, 2.45) is 0 Å². The van der Waals surface area contributed by atoms with Crippen molar-refractivity contribution in [2.75, 3.05) is 31.7 Å². The Labute approximate surface area is 231 Å². The van der Waals surface area contributed by atoms with E-state index in [9.17, 15) is 14.3 Å². The Morgan fingerprint density at radius 3 is 2.98 bits per heavy atom. The first-order valence-electron chi connectivity index (χ1n) is 13.9. The number of likely N-dealkylation sites (tertiary alicyclic amines) is 1. The van der Waals surface area contributed by atoms with E-state index < -0.39 is 0 Å². The summed E-state index contributed by atoms with van der Waals surface area (Å²) in [5, 5.41) is 16.2. The fraction of sp³-hybridized carbons (Fsp3) is 0.367. The zero-order valence-corrected chi connectivity index (χ0v) is 22.1. The quantitative estimate of drug-likeness (QED) is 0.325. The topological polar surface area (TPSA) is 104 Å². The Morgan fingerprint density at radius 2 is 2.12 bits per heavy atom. The van der Waals surface area contributed by atoms with Crippen LogP contribution in [0.4, 0.5) is 15.9 Å². The van der Waals surface area contributed by atoms with Gasteiger partial charge in [-0.05, 0) is 55.1 Å². The highest BCUT2D eigenvalue weighted by Crippen LogP contribution is 2.36. The number of hydrogen-bond acceptors (Lipinski definition) is 7. The minimum atomic E-state index is -0.346. The van der Waals surface area contributed by atoms with Crippen molar-refractivity contribution < 1.29 is 19.0 Å². The van der Waals surface area contributed by atoms with E-state index in [0.717, 1.165) is 54.9 Å². The van der Waals surface area contributed by atoms with Crippen molar-refractivity contribution >= 4 is 23.1 Å². The molecule has 6 heterocycles. The number of ether oxygens (including phenoxy) is 1. The number of benzene rings is 1. The zero-order valence-electron chi connectivity index (χ0n) is 22.1. The van der Waals surface area contributed by atoms with Crippen LogP contribution < -0.4 is 10.6 Å². The third-order valence-electron chi connectivity index (χ3n) is 8.42. The van der Waals surface area contributed by atoms with Gasteiger partial charge in [0.25, 0.3) is 5.91 Å². The molecule has 3 aromatic heterocycles. The van der Waals surface area contributed by atoms with E-state index in [-0.39, 0.29) is 24.4 Å². The molecule has 0 aliphatic carbocycles.